The van der Waals surface area contributed by atoms with Crippen molar-refractivity contribution in [3.8, 4) is 23.0 Å². The second kappa shape index (κ2) is 19.2. The van der Waals surface area contributed by atoms with Gasteiger partial charge in [0.1, 0.15) is 54.9 Å². The molecule has 3 saturated heterocycles. The van der Waals surface area contributed by atoms with Crippen molar-refractivity contribution in [2.75, 3.05) is 27.4 Å². The highest BCUT2D eigenvalue weighted by molar-refractivity contribution is 5.87. The third-order valence-electron chi connectivity index (χ3n) is 9.48. The van der Waals surface area contributed by atoms with Crippen molar-refractivity contribution in [2.45, 2.75) is 106 Å². The summed E-state index contributed by atoms with van der Waals surface area (Å²) in [5.41, 5.74) is 0.942. The van der Waals surface area contributed by atoms with Gasteiger partial charge in [0, 0.05) is 13.2 Å². The van der Waals surface area contributed by atoms with Crippen LogP contribution in [0.1, 0.15) is 18.1 Å². The lowest BCUT2D eigenvalue weighted by atomic mass is 9.96. The fourth-order valence-electron chi connectivity index (χ4n) is 6.24. The Bertz CT molecular complexity index is 1620. The van der Waals surface area contributed by atoms with Crippen LogP contribution >= 0.6 is 0 Å². The third-order valence-corrected chi connectivity index (χ3v) is 9.48. The Morgan fingerprint density at radius 3 is 2.05 bits per heavy atom. The van der Waals surface area contributed by atoms with Crippen molar-refractivity contribution in [3.63, 3.8) is 0 Å². The van der Waals surface area contributed by atoms with E-state index in [0.29, 0.717) is 5.56 Å². The lowest BCUT2D eigenvalue weighted by molar-refractivity contribution is -0.371. The van der Waals surface area contributed by atoms with Gasteiger partial charge >= 0.3 is 5.97 Å². The highest BCUT2D eigenvalue weighted by Gasteiger charge is 2.53. The average molecular weight is 801 g/mol. The predicted octanol–water partition coefficient (Wildman–Crippen LogP) is -2.28. The molecule has 3 fully saturated rings. The molecule has 0 saturated carbocycles. The van der Waals surface area contributed by atoms with Crippen molar-refractivity contribution in [3.05, 3.63) is 53.6 Å². The zero-order valence-corrected chi connectivity index (χ0v) is 30.5. The molecule has 15 atom stereocenters. The van der Waals surface area contributed by atoms with Crippen LogP contribution in [0.2, 0.25) is 0 Å². The molecule has 3 aliphatic heterocycles. The fourth-order valence-corrected chi connectivity index (χ4v) is 6.24. The van der Waals surface area contributed by atoms with E-state index in [-0.39, 0.29) is 30.1 Å². The second-order valence-corrected chi connectivity index (χ2v) is 13.3. The van der Waals surface area contributed by atoms with E-state index in [4.69, 9.17) is 42.6 Å². The summed E-state index contributed by atoms with van der Waals surface area (Å²) in [4.78, 5) is 13.3. The number of hydrogen-bond acceptors (Lipinski definition) is 20. The van der Waals surface area contributed by atoms with E-state index in [1.807, 2.05) is 0 Å². The van der Waals surface area contributed by atoms with E-state index in [2.05, 4.69) is 0 Å². The molecule has 56 heavy (non-hydrogen) atoms. The summed E-state index contributed by atoms with van der Waals surface area (Å²) >= 11 is 0. The molecular formula is C36H48O20. The van der Waals surface area contributed by atoms with Crippen LogP contribution in [-0.2, 0) is 49.1 Å². The van der Waals surface area contributed by atoms with Gasteiger partial charge in [0.15, 0.2) is 54.3 Å². The molecule has 0 amide bonds. The van der Waals surface area contributed by atoms with Crippen LogP contribution in [-0.4, -0.2) is 177 Å². The number of rotatable bonds is 14. The highest BCUT2D eigenvalue weighted by atomic mass is 16.8. The number of esters is 1. The molecule has 0 bridgehead atoms. The molecule has 20 nitrogen and oxygen atoms in total. The lowest BCUT2D eigenvalue weighted by Gasteiger charge is -2.47. The molecule has 312 valence electrons. The third kappa shape index (κ3) is 10.0. The lowest BCUT2D eigenvalue weighted by Crippen LogP contribution is -2.65. The summed E-state index contributed by atoms with van der Waals surface area (Å²) in [5, 5.41) is 104. The van der Waals surface area contributed by atoms with Crippen LogP contribution in [0, 0.1) is 0 Å². The number of carbonyl (C=O) groups excluding carboxylic acids is 1. The van der Waals surface area contributed by atoms with E-state index in [1.54, 1.807) is 12.1 Å². The quantitative estimate of drug-likeness (QED) is 0.0547. The zero-order valence-electron chi connectivity index (χ0n) is 30.5. The van der Waals surface area contributed by atoms with Gasteiger partial charge in [0.25, 0.3) is 0 Å². The molecule has 3 aliphatic rings. The van der Waals surface area contributed by atoms with Gasteiger partial charge in [-0.3, -0.25) is 0 Å². The number of carbonyl (C=O) groups is 1. The molecule has 2 aromatic rings. The van der Waals surface area contributed by atoms with Gasteiger partial charge in [0.2, 0.25) is 0 Å². The monoisotopic (exact) mass is 800 g/mol. The number of phenolic OH excluding ortho intramolecular Hbond substituents is 3. The maximum Gasteiger partial charge on any atom is 0.331 e. The Morgan fingerprint density at radius 1 is 0.696 bits per heavy atom. The summed E-state index contributed by atoms with van der Waals surface area (Å²) in [6.45, 7) is 0.647. The van der Waals surface area contributed by atoms with Crippen molar-refractivity contribution >= 4 is 12.0 Å². The Labute approximate surface area is 320 Å². The van der Waals surface area contributed by atoms with E-state index in [0.717, 1.165) is 6.08 Å². The second-order valence-electron chi connectivity index (χ2n) is 13.3. The van der Waals surface area contributed by atoms with E-state index < -0.39 is 116 Å². The Morgan fingerprint density at radius 2 is 1.36 bits per heavy atom. The summed E-state index contributed by atoms with van der Waals surface area (Å²) in [7, 11) is 2.56. The van der Waals surface area contributed by atoms with Gasteiger partial charge in [-0.05, 0) is 54.8 Å². The van der Waals surface area contributed by atoms with Crippen LogP contribution in [0.5, 0.6) is 23.0 Å². The molecular weight excluding hydrogens is 752 g/mol. The first-order valence-electron chi connectivity index (χ1n) is 17.5. The number of ether oxygens (including phenoxy) is 9. The molecule has 0 unspecified atom stereocenters. The number of hydrogen-bond donors (Lipinski definition) is 10. The molecule has 10 N–H and O–H groups in total. The standard InChI is InChI=1S/C36H48O20/c1-15-24(41)25(42)29(46)36(52-15)55-32-30(47)35(50-11-10-17-5-8-19(38)21(13-17)48-2)53-22(14-51-34-28(45)26(43)27(44)33(49-3)56-34)31(32)54-23(40)9-6-16-4-7-18(37)20(39)12-16/h4-9,12-13,15,22,24-39,41-47H,10-11,14H2,1-3H3/b9-6+/t15-,22+,24-,25+,26-,27-,28+,29+,30+,31+,32+,33-,34+,35+,36-/m0/s1. The van der Waals surface area contributed by atoms with Gasteiger partial charge in [-0.2, -0.15) is 0 Å². The zero-order chi connectivity index (χ0) is 40.8. The molecule has 0 radical (unpaired) electrons. The molecule has 0 aliphatic carbocycles. The van der Waals surface area contributed by atoms with Crippen molar-refractivity contribution in [1.82, 2.24) is 0 Å². The van der Waals surface area contributed by atoms with Crippen LogP contribution in [0.25, 0.3) is 6.08 Å². The summed E-state index contributed by atoms with van der Waals surface area (Å²) in [6, 6.07) is 8.35. The molecule has 3 heterocycles. The first-order valence-corrected chi connectivity index (χ1v) is 17.5. The number of aromatic hydroxyl groups is 3. The van der Waals surface area contributed by atoms with E-state index in [9.17, 15) is 55.9 Å². The van der Waals surface area contributed by atoms with Gasteiger partial charge < -0.3 is 93.7 Å². The minimum atomic E-state index is -1.86. The van der Waals surface area contributed by atoms with Gasteiger partial charge in [0.05, 0.1) is 26.4 Å². The van der Waals surface area contributed by atoms with Crippen molar-refractivity contribution in [1.29, 1.82) is 0 Å². The molecule has 2 aromatic carbocycles. The van der Waals surface area contributed by atoms with Crippen molar-refractivity contribution < 1.29 is 98.5 Å². The normalized spacial score (nSPS) is 36.4. The van der Waals surface area contributed by atoms with Crippen LogP contribution in [0.3, 0.4) is 0 Å². The highest BCUT2D eigenvalue weighted by Crippen LogP contribution is 2.33. The largest absolute Gasteiger partial charge is 0.504 e. The Balaban J connectivity index is 1.44. The molecule has 0 aromatic heterocycles. The SMILES string of the molecule is COc1cc(CCO[C@@H]2O[C@H](CO[C@@H]3O[C@H](OC)[C@@H](O)[C@H](O)[C@H]3O)[C@@H](OC(=O)/C=C/c3ccc(O)c(O)c3)[C@H](O[C@@H]3O[C@@H](C)[C@H](O)[C@@H](O)[C@H]3O)[C@H]2O)ccc1O. The Hall–Kier alpha value is -3.71. The van der Waals surface area contributed by atoms with Crippen molar-refractivity contribution in [2.24, 2.45) is 0 Å². The summed E-state index contributed by atoms with van der Waals surface area (Å²) < 4.78 is 50.7. The first-order chi connectivity index (χ1) is 26.6. The first kappa shape index (κ1) is 43.4. The van der Waals surface area contributed by atoms with E-state index in [1.165, 1.54) is 51.5 Å². The molecule has 5 rings (SSSR count). The van der Waals surface area contributed by atoms with Gasteiger partial charge in [-0.25, -0.2) is 4.79 Å². The maximum atomic E-state index is 13.3. The minimum absolute atomic E-state index is 0.0901. The smallest absolute Gasteiger partial charge is 0.331 e. The maximum absolute atomic E-state index is 13.3. The fraction of sp³-hybridized carbons (Fsp3) is 0.583. The van der Waals surface area contributed by atoms with E-state index >= 15 is 0 Å². The number of aliphatic hydroxyl groups is 7. The summed E-state index contributed by atoms with van der Waals surface area (Å²) in [5.74, 6) is -1.80. The van der Waals surface area contributed by atoms with Gasteiger partial charge in [-0.15, -0.1) is 0 Å². The minimum Gasteiger partial charge on any atom is -0.504 e. The van der Waals surface area contributed by atoms with Crippen LogP contribution in [0.4, 0.5) is 0 Å². The van der Waals surface area contributed by atoms with Gasteiger partial charge in [-0.1, -0.05) is 12.1 Å². The number of phenols is 3. The Kier molecular flexibility index (Phi) is 14.9. The number of methoxy groups -OCH3 is 2. The average Bonchev–Trinajstić information content (AvgIpc) is 3.18. The van der Waals surface area contributed by atoms with Crippen LogP contribution < -0.4 is 4.74 Å². The molecule has 0 spiro atoms. The topological polar surface area (TPSA) is 302 Å². The predicted molar refractivity (Wildman–Crippen MR) is 185 cm³/mol. The van der Waals surface area contributed by atoms with Crippen LogP contribution in [0.15, 0.2) is 42.5 Å². The number of benzene rings is 2. The molecule has 20 heteroatoms. The number of aliphatic hydroxyl groups excluding tert-OH is 7. The summed E-state index contributed by atoms with van der Waals surface area (Å²) in [6.07, 6.45) is -22.0.